The molecule has 7 heteroatoms. The van der Waals surface area contributed by atoms with E-state index >= 15 is 0 Å². The molecule has 2 aromatic rings. The number of aromatic nitrogens is 1. The fourth-order valence-corrected chi connectivity index (χ4v) is 2.70. The molecular weight excluding hydrogens is 473 g/mol. The van der Waals surface area contributed by atoms with E-state index in [4.69, 9.17) is 11.6 Å². The molecule has 0 saturated heterocycles. The quantitative estimate of drug-likeness (QED) is 0.179. The second kappa shape index (κ2) is 13.6. The molecule has 0 aliphatic carbocycles. The van der Waals surface area contributed by atoms with Gasteiger partial charge in [-0.15, -0.1) is 24.0 Å². The highest BCUT2D eigenvalue weighted by Crippen LogP contribution is 2.11. The van der Waals surface area contributed by atoms with Gasteiger partial charge in [0.25, 0.3) is 0 Å². The van der Waals surface area contributed by atoms with Gasteiger partial charge in [-0.3, -0.25) is 4.99 Å². The average Bonchev–Trinajstić information content (AvgIpc) is 2.68. The van der Waals surface area contributed by atoms with Crippen LogP contribution in [0.3, 0.4) is 0 Å². The number of rotatable bonds is 9. The van der Waals surface area contributed by atoms with Crippen molar-refractivity contribution in [3.8, 4) is 0 Å². The average molecular weight is 502 g/mol. The number of benzene rings is 1. The van der Waals surface area contributed by atoms with Gasteiger partial charge in [-0.25, -0.2) is 4.98 Å². The lowest BCUT2D eigenvalue weighted by atomic mass is 10.2. The maximum absolute atomic E-state index is 5.80. The first kappa shape index (κ1) is 23.5. The molecule has 0 saturated carbocycles. The molecule has 1 aromatic heterocycles. The van der Waals surface area contributed by atoms with Crippen LogP contribution in [0.25, 0.3) is 0 Å². The van der Waals surface area contributed by atoms with Crippen LogP contribution in [0.1, 0.15) is 18.4 Å². The van der Waals surface area contributed by atoms with Crippen molar-refractivity contribution in [2.24, 2.45) is 4.99 Å². The first-order valence-corrected chi connectivity index (χ1v) is 9.38. The summed E-state index contributed by atoms with van der Waals surface area (Å²) in [5.74, 6) is 0.836. The molecule has 2 rings (SSSR count). The van der Waals surface area contributed by atoms with E-state index in [1.165, 1.54) is 5.69 Å². The van der Waals surface area contributed by atoms with E-state index < -0.39 is 0 Å². The number of hydrogen-bond donors (Lipinski definition) is 2. The molecule has 0 amide bonds. The van der Waals surface area contributed by atoms with Gasteiger partial charge in [-0.1, -0.05) is 35.9 Å². The molecule has 0 unspecified atom stereocenters. The largest absolute Gasteiger partial charge is 0.375 e. The fourth-order valence-electron chi connectivity index (χ4n) is 2.59. The number of guanidine groups is 1. The Morgan fingerprint density at radius 3 is 2.48 bits per heavy atom. The Kier molecular flexibility index (Phi) is 11.8. The SMILES string of the molecule is CN=C(NCCCCN(C)c1ccccc1)NCCc1ccc(Cl)nc1.I. The Labute approximate surface area is 184 Å². The van der Waals surface area contributed by atoms with Crippen LogP contribution in [0.15, 0.2) is 53.7 Å². The van der Waals surface area contributed by atoms with Crippen LogP contribution in [0.4, 0.5) is 5.69 Å². The Morgan fingerprint density at radius 2 is 1.81 bits per heavy atom. The van der Waals surface area contributed by atoms with Gasteiger partial charge in [-0.05, 0) is 43.0 Å². The molecule has 0 atom stereocenters. The van der Waals surface area contributed by atoms with Crippen molar-refractivity contribution in [1.82, 2.24) is 15.6 Å². The van der Waals surface area contributed by atoms with Crippen molar-refractivity contribution in [2.45, 2.75) is 19.3 Å². The monoisotopic (exact) mass is 501 g/mol. The van der Waals surface area contributed by atoms with Crippen molar-refractivity contribution >= 4 is 47.2 Å². The molecule has 0 spiro atoms. The summed E-state index contributed by atoms with van der Waals surface area (Å²) in [7, 11) is 3.93. The zero-order valence-corrected chi connectivity index (χ0v) is 19.1. The molecule has 2 N–H and O–H groups in total. The predicted octanol–water partition coefficient (Wildman–Crippen LogP) is 3.98. The van der Waals surface area contributed by atoms with Crippen LogP contribution >= 0.6 is 35.6 Å². The molecule has 0 aliphatic rings. The molecular formula is C20H29ClIN5. The van der Waals surface area contributed by atoms with Crippen LogP contribution in [0.2, 0.25) is 5.15 Å². The molecule has 0 fully saturated rings. The van der Waals surface area contributed by atoms with E-state index in [2.05, 4.69) is 56.8 Å². The number of para-hydroxylation sites is 1. The highest BCUT2D eigenvalue weighted by atomic mass is 127. The van der Waals surface area contributed by atoms with Crippen molar-refractivity contribution < 1.29 is 0 Å². The second-order valence-electron chi connectivity index (χ2n) is 6.13. The number of nitrogens with zero attached hydrogens (tertiary/aromatic N) is 3. The van der Waals surface area contributed by atoms with Crippen molar-refractivity contribution in [3.05, 3.63) is 59.4 Å². The maximum Gasteiger partial charge on any atom is 0.190 e. The number of hydrogen-bond acceptors (Lipinski definition) is 3. The summed E-state index contributed by atoms with van der Waals surface area (Å²) < 4.78 is 0. The zero-order chi connectivity index (χ0) is 18.6. The molecule has 0 aliphatic heterocycles. The third-order valence-electron chi connectivity index (χ3n) is 4.13. The molecule has 1 heterocycles. The van der Waals surface area contributed by atoms with Gasteiger partial charge >= 0.3 is 0 Å². The van der Waals surface area contributed by atoms with E-state index in [1.54, 1.807) is 7.05 Å². The predicted molar refractivity (Wildman–Crippen MR) is 127 cm³/mol. The first-order chi connectivity index (χ1) is 12.7. The smallest absolute Gasteiger partial charge is 0.190 e. The van der Waals surface area contributed by atoms with E-state index in [9.17, 15) is 0 Å². The molecule has 5 nitrogen and oxygen atoms in total. The highest BCUT2D eigenvalue weighted by Gasteiger charge is 2.01. The third-order valence-corrected chi connectivity index (χ3v) is 4.35. The minimum Gasteiger partial charge on any atom is -0.375 e. The summed E-state index contributed by atoms with van der Waals surface area (Å²) in [5, 5.41) is 7.21. The zero-order valence-electron chi connectivity index (χ0n) is 16.0. The van der Waals surface area contributed by atoms with Gasteiger partial charge in [0, 0.05) is 45.6 Å². The van der Waals surface area contributed by atoms with Crippen LogP contribution in [-0.4, -0.2) is 44.7 Å². The van der Waals surface area contributed by atoms with E-state index in [-0.39, 0.29) is 24.0 Å². The third kappa shape index (κ3) is 9.28. The van der Waals surface area contributed by atoms with Crippen molar-refractivity contribution in [1.29, 1.82) is 0 Å². The van der Waals surface area contributed by atoms with E-state index in [0.717, 1.165) is 50.4 Å². The number of unbranched alkanes of at least 4 members (excludes halogenated alkanes) is 1. The summed E-state index contributed by atoms with van der Waals surface area (Å²) in [6.45, 7) is 2.76. The Balaban J connectivity index is 0.00000364. The fraction of sp³-hybridized carbons (Fsp3) is 0.400. The van der Waals surface area contributed by atoms with Gasteiger partial charge in [-0.2, -0.15) is 0 Å². The summed E-state index contributed by atoms with van der Waals surface area (Å²) >= 11 is 5.80. The van der Waals surface area contributed by atoms with Crippen molar-refractivity contribution in [2.75, 3.05) is 38.6 Å². The summed E-state index contributed by atoms with van der Waals surface area (Å²) in [5.41, 5.74) is 2.41. The topological polar surface area (TPSA) is 52.6 Å². The molecule has 1 aromatic carbocycles. The minimum absolute atomic E-state index is 0. The van der Waals surface area contributed by atoms with Gasteiger partial charge in [0.05, 0.1) is 0 Å². The summed E-state index contributed by atoms with van der Waals surface area (Å²) in [4.78, 5) is 10.6. The maximum atomic E-state index is 5.80. The minimum atomic E-state index is 0. The molecule has 27 heavy (non-hydrogen) atoms. The molecule has 0 bridgehead atoms. The van der Waals surface area contributed by atoms with E-state index in [0.29, 0.717) is 5.15 Å². The number of nitrogens with one attached hydrogen (secondary N) is 2. The van der Waals surface area contributed by atoms with Gasteiger partial charge in [0.2, 0.25) is 0 Å². The van der Waals surface area contributed by atoms with Gasteiger partial charge in [0.1, 0.15) is 5.15 Å². The standard InChI is InChI=1S/C20H28ClN5.HI/c1-22-20(24-14-12-17-10-11-19(21)25-16-17)23-13-6-7-15-26(2)18-8-4-3-5-9-18;/h3-5,8-11,16H,6-7,12-15H2,1-2H3,(H2,22,23,24);1H. The second-order valence-corrected chi connectivity index (χ2v) is 6.52. The lowest BCUT2D eigenvalue weighted by molar-refractivity contribution is 0.686. The molecule has 0 radical (unpaired) electrons. The highest BCUT2D eigenvalue weighted by molar-refractivity contribution is 14.0. The lowest BCUT2D eigenvalue weighted by Gasteiger charge is -2.19. The first-order valence-electron chi connectivity index (χ1n) is 9.00. The number of anilines is 1. The number of pyridine rings is 1. The van der Waals surface area contributed by atoms with Crippen LogP contribution in [0.5, 0.6) is 0 Å². The van der Waals surface area contributed by atoms with Gasteiger partial charge < -0.3 is 15.5 Å². The lowest BCUT2D eigenvalue weighted by Crippen LogP contribution is -2.38. The normalized spacial score (nSPS) is 10.9. The summed E-state index contributed by atoms with van der Waals surface area (Å²) in [6, 6.07) is 14.3. The van der Waals surface area contributed by atoms with E-state index in [1.807, 2.05) is 24.4 Å². The number of aliphatic imine (C=N–C) groups is 1. The molecule has 148 valence electrons. The number of halogens is 2. The van der Waals surface area contributed by atoms with Gasteiger partial charge in [0.15, 0.2) is 5.96 Å². The van der Waals surface area contributed by atoms with Crippen LogP contribution in [-0.2, 0) is 6.42 Å². The Hall–Kier alpha value is -1.54. The van der Waals surface area contributed by atoms with Crippen molar-refractivity contribution in [3.63, 3.8) is 0 Å². The van der Waals surface area contributed by atoms with Crippen LogP contribution in [0, 0.1) is 0 Å². The summed E-state index contributed by atoms with van der Waals surface area (Å²) in [6.07, 6.45) is 4.92. The van der Waals surface area contributed by atoms with Crippen LogP contribution < -0.4 is 15.5 Å². The Bertz CT molecular complexity index is 664. The Morgan fingerprint density at radius 1 is 1.07 bits per heavy atom.